The highest BCUT2D eigenvalue weighted by atomic mass is 16.1. The maximum atomic E-state index is 11.8. The van der Waals surface area contributed by atoms with Gasteiger partial charge in [-0.2, -0.15) is 0 Å². The minimum Gasteiger partial charge on any atom is -0.299 e. The fourth-order valence-electron chi connectivity index (χ4n) is 3.19. The Labute approximate surface area is 80.2 Å². The molecule has 1 fully saturated rings. The molecule has 3 atom stereocenters. The molecule has 0 aliphatic heterocycles. The lowest BCUT2D eigenvalue weighted by Gasteiger charge is -2.44. The number of Topliss-reactive ketones (excluding diaryl/α,β-unsaturated/α-hetero) is 1. The van der Waals surface area contributed by atoms with Gasteiger partial charge in [-0.3, -0.25) is 4.79 Å². The lowest BCUT2D eigenvalue weighted by atomic mass is 9.59. The number of hydrogen-bond acceptors (Lipinski definition) is 1. The van der Waals surface area contributed by atoms with Gasteiger partial charge in [0.25, 0.3) is 0 Å². The molecule has 0 spiro atoms. The molecule has 0 unspecified atom stereocenters. The monoisotopic (exact) mass is 178 g/mol. The van der Waals surface area contributed by atoms with Crippen LogP contribution in [0.2, 0.25) is 0 Å². The van der Waals surface area contributed by atoms with E-state index in [4.69, 9.17) is 0 Å². The molecular weight excluding hydrogens is 160 g/mol. The Balaban J connectivity index is 2.32. The van der Waals surface area contributed by atoms with Crippen LogP contribution in [-0.2, 0) is 4.79 Å². The number of rotatable bonds is 0. The topological polar surface area (TPSA) is 17.1 Å². The highest BCUT2D eigenvalue weighted by molar-refractivity contribution is 5.83. The molecule has 0 N–H and O–H groups in total. The van der Waals surface area contributed by atoms with Crippen molar-refractivity contribution in [3.05, 3.63) is 12.2 Å². The molecule has 0 aromatic rings. The normalized spacial score (nSPS) is 44.6. The van der Waals surface area contributed by atoms with Crippen LogP contribution in [0.1, 0.15) is 39.5 Å². The first-order valence-electron chi connectivity index (χ1n) is 5.33. The van der Waals surface area contributed by atoms with Crippen molar-refractivity contribution in [3.8, 4) is 0 Å². The molecule has 1 heteroatoms. The van der Waals surface area contributed by atoms with Crippen molar-refractivity contribution < 1.29 is 4.79 Å². The highest BCUT2D eigenvalue weighted by Gasteiger charge is 2.44. The molecule has 1 nitrogen and oxygen atoms in total. The van der Waals surface area contributed by atoms with E-state index in [1.807, 2.05) is 0 Å². The zero-order valence-electron chi connectivity index (χ0n) is 8.55. The third-order valence-electron chi connectivity index (χ3n) is 3.82. The summed E-state index contributed by atoms with van der Waals surface area (Å²) in [4.78, 5) is 11.8. The van der Waals surface area contributed by atoms with Crippen LogP contribution in [-0.4, -0.2) is 5.78 Å². The van der Waals surface area contributed by atoms with Crippen LogP contribution in [0.25, 0.3) is 0 Å². The summed E-state index contributed by atoms with van der Waals surface area (Å²) in [6.45, 7) is 4.47. The van der Waals surface area contributed by atoms with Crippen molar-refractivity contribution in [2.75, 3.05) is 0 Å². The molecule has 2 aliphatic rings. The van der Waals surface area contributed by atoms with Crippen molar-refractivity contribution in [3.63, 3.8) is 0 Å². The molecule has 0 radical (unpaired) electrons. The maximum Gasteiger partial charge on any atom is 0.137 e. The molecule has 13 heavy (non-hydrogen) atoms. The lowest BCUT2D eigenvalue weighted by Crippen LogP contribution is -2.42. The lowest BCUT2D eigenvalue weighted by molar-refractivity contribution is -0.132. The second-order valence-corrected chi connectivity index (χ2v) is 4.94. The van der Waals surface area contributed by atoms with Crippen LogP contribution in [0.15, 0.2) is 12.2 Å². The van der Waals surface area contributed by atoms with E-state index in [0.29, 0.717) is 17.6 Å². The molecule has 0 bridgehead atoms. The van der Waals surface area contributed by atoms with Crippen molar-refractivity contribution in [2.45, 2.75) is 39.5 Å². The Hall–Kier alpha value is -0.590. The Morgan fingerprint density at radius 1 is 1.54 bits per heavy atom. The summed E-state index contributed by atoms with van der Waals surface area (Å²) in [5.74, 6) is 1.28. The van der Waals surface area contributed by atoms with Crippen molar-refractivity contribution >= 4 is 5.78 Å². The van der Waals surface area contributed by atoms with Crippen LogP contribution >= 0.6 is 0 Å². The van der Waals surface area contributed by atoms with Gasteiger partial charge in [0.2, 0.25) is 0 Å². The van der Waals surface area contributed by atoms with E-state index in [1.165, 1.54) is 6.42 Å². The van der Waals surface area contributed by atoms with Gasteiger partial charge in [0.05, 0.1) is 0 Å². The number of ketones is 1. The van der Waals surface area contributed by atoms with Crippen LogP contribution in [0, 0.1) is 17.3 Å². The Morgan fingerprint density at radius 3 is 3.00 bits per heavy atom. The smallest absolute Gasteiger partial charge is 0.137 e. The molecule has 0 saturated heterocycles. The van der Waals surface area contributed by atoms with E-state index in [9.17, 15) is 4.79 Å². The highest BCUT2D eigenvalue weighted by Crippen LogP contribution is 2.48. The summed E-state index contributed by atoms with van der Waals surface area (Å²) in [6, 6.07) is 0. The van der Waals surface area contributed by atoms with Gasteiger partial charge in [-0.25, -0.2) is 0 Å². The van der Waals surface area contributed by atoms with E-state index >= 15 is 0 Å². The summed E-state index contributed by atoms with van der Waals surface area (Å²) in [5, 5.41) is 0. The van der Waals surface area contributed by atoms with Crippen molar-refractivity contribution in [1.29, 1.82) is 0 Å². The third kappa shape index (κ3) is 1.34. The minimum atomic E-state index is 0.281. The standard InChI is InChI=1S/C12H18O/c1-9-5-3-7-12(2)8-4-6-10(13)11(9)12/h3,5,9,11H,4,6-8H2,1-2H3/t9-,11+,12-/m1/s1. The predicted molar refractivity (Wildman–Crippen MR) is 53.4 cm³/mol. The average Bonchev–Trinajstić information content (AvgIpc) is 2.02. The molecule has 72 valence electrons. The predicted octanol–water partition coefficient (Wildman–Crippen LogP) is 2.96. The molecular formula is C12H18O. The van der Waals surface area contributed by atoms with E-state index in [-0.39, 0.29) is 5.41 Å². The van der Waals surface area contributed by atoms with E-state index in [2.05, 4.69) is 26.0 Å². The molecule has 2 aliphatic carbocycles. The van der Waals surface area contributed by atoms with Crippen LogP contribution < -0.4 is 0 Å². The number of carbonyl (C=O) groups excluding carboxylic acids is 1. The maximum absolute atomic E-state index is 11.8. The summed E-state index contributed by atoms with van der Waals surface area (Å²) in [6.07, 6.45) is 8.74. The van der Waals surface area contributed by atoms with Gasteiger partial charge in [0.15, 0.2) is 0 Å². The second-order valence-electron chi connectivity index (χ2n) is 4.94. The summed E-state index contributed by atoms with van der Waals surface area (Å²) in [5.41, 5.74) is 0.281. The largest absolute Gasteiger partial charge is 0.299 e. The van der Waals surface area contributed by atoms with Gasteiger partial charge in [0, 0.05) is 12.3 Å². The van der Waals surface area contributed by atoms with Gasteiger partial charge < -0.3 is 0 Å². The van der Waals surface area contributed by atoms with Crippen molar-refractivity contribution in [1.82, 2.24) is 0 Å². The van der Waals surface area contributed by atoms with E-state index in [1.54, 1.807) is 0 Å². The van der Waals surface area contributed by atoms with Crippen molar-refractivity contribution in [2.24, 2.45) is 17.3 Å². The average molecular weight is 178 g/mol. The molecule has 0 heterocycles. The SMILES string of the molecule is C[C@@H]1C=CC[C@]2(C)CCCC(=O)[C@H]12. The Morgan fingerprint density at radius 2 is 2.31 bits per heavy atom. The zero-order valence-corrected chi connectivity index (χ0v) is 8.55. The molecule has 0 aromatic heterocycles. The number of fused-ring (bicyclic) bond motifs is 1. The van der Waals surface area contributed by atoms with Gasteiger partial charge >= 0.3 is 0 Å². The molecule has 0 aromatic carbocycles. The van der Waals surface area contributed by atoms with Gasteiger partial charge in [0.1, 0.15) is 5.78 Å². The fourth-order valence-corrected chi connectivity index (χ4v) is 3.19. The zero-order chi connectivity index (χ0) is 9.47. The molecule has 1 saturated carbocycles. The second kappa shape index (κ2) is 2.97. The first-order valence-corrected chi connectivity index (χ1v) is 5.33. The quantitative estimate of drug-likeness (QED) is 0.521. The van der Waals surface area contributed by atoms with Crippen LogP contribution in [0.3, 0.4) is 0 Å². The number of carbonyl (C=O) groups is 1. The summed E-state index contributed by atoms with van der Waals surface area (Å²) >= 11 is 0. The fraction of sp³-hybridized carbons (Fsp3) is 0.750. The summed E-state index contributed by atoms with van der Waals surface area (Å²) in [7, 11) is 0. The number of allylic oxidation sites excluding steroid dienone is 2. The minimum absolute atomic E-state index is 0.281. The first kappa shape index (κ1) is 8.98. The molecule has 2 rings (SSSR count). The third-order valence-corrected chi connectivity index (χ3v) is 3.82. The van der Waals surface area contributed by atoms with Crippen LogP contribution in [0.4, 0.5) is 0 Å². The molecule has 0 amide bonds. The van der Waals surface area contributed by atoms with Gasteiger partial charge in [-0.1, -0.05) is 26.0 Å². The van der Waals surface area contributed by atoms with Crippen LogP contribution in [0.5, 0.6) is 0 Å². The van der Waals surface area contributed by atoms with Gasteiger partial charge in [-0.05, 0) is 30.6 Å². The van der Waals surface area contributed by atoms with E-state index < -0.39 is 0 Å². The number of hydrogen-bond donors (Lipinski definition) is 0. The summed E-state index contributed by atoms with van der Waals surface area (Å²) < 4.78 is 0. The van der Waals surface area contributed by atoms with E-state index in [0.717, 1.165) is 19.3 Å². The Bertz CT molecular complexity index is 254. The first-order chi connectivity index (χ1) is 6.13. The van der Waals surface area contributed by atoms with Gasteiger partial charge in [-0.15, -0.1) is 0 Å². The Kier molecular flexibility index (Phi) is 2.05.